The van der Waals surface area contributed by atoms with Gasteiger partial charge in [-0.25, -0.2) is 9.97 Å². The van der Waals surface area contributed by atoms with Crippen LogP contribution in [-0.4, -0.2) is 45.2 Å². The molecule has 0 spiro atoms. The Morgan fingerprint density at radius 1 is 1.11 bits per heavy atom. The molecule has 2 aromatic carbocycles. The van der Waals surface area contributed by atoms with E-state index in [4.69, 9.17) is 4.98 Å². The molecule has 1 unspecified atom stereocenters. The fourth-order valence-corrected chi connectivity index (χ4v) is 5.37. The van der Waals surface area contributed by atoms with E-state index in [1.807, 2.05) is 61.3 Å². The standard InChI is InChI=1S/C30H31BrN4O/c1-34(2)15-13-30(36,25-11-7-4-8-12-25)27-20-26(31)19-23-18-24(17-22-9-5-3-6-10-22)29(33-28(23)27)35-16-14-32-21-35/h4-5,7-12,14,16,18-21,36H,3,6,13,15,17H2,1-2H3. The molecular weight excluding hydrogens is 512 g/mol. The van der Waals surface area contributed by atoms with Crippen LogP contribution in [0.2, 0.25) is 0 Å². The predicted octanol–water partition coefficient (Wildman–Crippen LogP) is 6.19. The Morgan fingerprint density at radius 3 is 2.64 bits per heavy atom. The number of aliphatic hydroxyl groups is 1. The minimum Gasteiger partial charge on any atom is -0.380 e. The van der Waals surface area contributed by atoms with E-state index < -0.39 is 5.60 Å². The second-order valence-electron chi connectivity index (χ2n) is 9.68. The predicted molar refractivity (Wildman–Crippen MR) is 149 cm³/mol. The SMILES string of the molecule is CN(C)CCC(O)(c1ccccc1)c1cc(Br)cc2cc(CC3=CCCC=C3)c(-n3ccnc3)nc12. The van der Waals surface area contributed by atoms with Crippen molar-refractivity contribution >= 4 is 26.8 Å². The van der Waals surface area contributed by atoms with Crippen LogP contribution < -0.4 is 0 Å². The molecular formula is C30H31BrN4O. The van der Waals surface area contributed by atoms with Crippen LogP contribution in [0.5, 0.6) is 0 Å². The van der Waals surface area contributed by atoms with Crippen molar-refractivity contribution in [3.05, 3.63) is 112 Å². The number of imidazole rings is 1. The molecule has 0 aliphatic heterocycles. The first-order valence-electron chi connectivity index (χ1n) is 12.3. The monoisotopic (exact) mass is 542 g/mol. The van der Waals surface area contributed by atoms with Crippen LogP contribution in [0.15, 0.2) is 95.5 Å². The Bertz CT molecular complexity index is 1410. The van der Waals surface area contributed by atoms with Crippen LogP contribution in [0.4, 0.5) is 0 Å². The van der Waals surface area contributed by atoms with Gasteiger partial charge in [0.1, 0.15) is 17.7 Å². The molecule has 36 heavy (non-hydrogen) atoms. The molecule has 6 heteroatoms. The van der Waals surface area contributed by atoms with E-state index in [2.05, 4.69) is 56.2 Å². The highest BCUT2D eigenvalue weighted by molar-refractivity contribution is 9.10. The zero-order valence-corrected chi connectivity index (χ0v) is 22.3. The summed E-state index contributed by atoms with van der Waals surface area (Å²) in [5.74, 6) is 0.839. The van der Waals surface area contributed by atoms with Crippen molar-refractivity contribution in [2.45, 2.75) is 31.3 Å². The van der Waals surface area contributed by atoms with Gasteiger partial charge in [-0.3, -0.25) is 4.57 Å². The van der Waals surface area contributed by atoms with Gasteiger partial charge in [0.05, 0.1) is 5.52 Å². The van der Waals surface area contributed by atoms with Crippen LogP contribution in [0.3, 0.4) is 0 Å². The smallest absolute Gasteiger partial charge is 0.142 e. The molecule has 4 aromatic rings. The summed E-state index contributed by atoms with van der Waals surface area (Å²) >= 11 is 3.72. The molecule has 0 fully saturated rings. The Labute approximate surface area is 221 Å². The van der Waals surface area contributed by atoms with Gasteiger partial charge in [-0.2, -0.15) is 0 Å². The summed E-state index contributed by atoms with van der Waals surface area (Å²) in [5, 5.41) is 13.4. The normalized spacial score (nSPS) is 15.3. The van der Waals surface area contributed by atoms with Crippen LogP contribution in [0.1, 0.15) is 36.0 Å². The van der Waals surface area contributed by atoms with Gasteiger partial charge in [0.15, 0.2) is 0 Å². The van der Waals surface area contributed by atoms with E-state index in [0.717, 1.165) is 63.7 Å². The number of hydrogen-bond donors (Lipinski definition) is 1. The maximum atomic E-state index is 12.4. The van der Waals surface area contributed by atoms with Crippen molar-refractivity contribution in [3.8, 4) is 5.82 Å². The quantitative estimate of drug-likeness (QED) is 0.288. The van der Waals surface area contributed by atoms with Gasteiger partial charge < -0.3 is 10.0 Å². The van der Waals surface area contributed by atoms with Gasteiger partial charge >= 0.3 is 0 Å². The summed E-state index contributed by atoms with van der Waals surface area (Å²) in [6.07, 6.45) is 15.7. The number of aromatic nitrogens is 3. The van der Waals surface area contributed by atoms with Crippen molar-refractivity contribution in [2.24, 2.45) is 0 Å². The molecule has 0 saturated carbocycles. The Hall–Kier alpha value is -3.06. The Morgan fingerprint density at radius 2 is 1.94 bits per heavy atom. The molecule has 0 radical (unpaired) electrons. The van der Waals surface area contributed by atoms with Crippen LogP contribution >= 0.6 is 15.9 Å². The first-order valence-corrected chi connectivity index (χ1v) is 13.1. The molecule has 184 valence electrons. The van der Waals surface area contributed by atoms with Crippen molar-refractivity contribution in [1.82, 2.24) is 19.4 Å². The summed E-state index contributed by atoms with van der Waals surface area (Å²) in [7, 11) is 4.06. The van der Waals surface area contributed by atoms with E-state index in [9.17, 15) is 5.11 Å². The van der Waals surface area contributed by atoms with Crippen molar-refractivity contribution in [1.29, 1.82) is 0 Å². The third-order valence-electron chi connectivity index (χ3n) is 6.77. The molecule has 0 amide bonds. The van der Waals surface area contributed by atoms with Crippen LogP contribution in [0.25, 0.3) is 16.7 Å². The van der Waals surface area contributed by atoms with E-state index in [-0.39, 0.29) is 0 Å². The lowest BCUT2D eigenvalue weighted by atomic mass is 9.82. The van der Waals surface area contributed by atoms with Gasteiger partial charge in [0.2, 0.25) is 0 Å². The third-order valence-corrected chi connectivity index (χ3v) is 7.23. The van der Waals surface area contributed by atoms with Gasteiger partial charge in [0.25, 0.3) is 0 Å². The number of halogens is 1. The number of hydrogen-bond acceptors (Lipinski definition) is 4. The number of nitrogens with zero attached hydrogens (tertiary/aromatic N) is 4. The van der Waals surface area contributed by atoms with E-state index in [1.54, 1.807) is 12.5 Å². The number of fused-ring (bicyclic) bond motifs is 1. The third kappa shape index (κ3) is 5.07. The lowest BCUT2D eigenvalue weighted by molar-refractivity contribution is 0.0641. The number of allylic oxidation sites excluding steroid dienone is 4. The fourth-order valence-electron chi connectivity index (χ4n) is 4.89. The van der Waals surface area contributed by atoms with Gasteiger partial charge in [0, 0.05) is 46.3 Å². The molecule has 5 nitrogen and oxygen atoms in total. The summed E-state index contributed by atoms with van der Waals surface area (Å²) < 4.78 is 2.89. The minimum atomic E-state index is -1.21. The molecule has 0 saturated heterocycles. The molecule has 1 aliphatic rings. The topological polar surface area (TPSA) is 54.2 Å². The number of benzene rings is 2. The van der Waals surface area contributed by atoms with Gasteiger partial charge in [-0.05, 0) is 62.7 Å². The minimum absolute atomic E-state index is 0.539. The fraction of sp³-hybridized carbons (Fsp3) is 0.267. The van der Waals surface area contributed by atoms with Crippen LogP contribution in [0, 0.1) is 0 Å². The zero-order chi connectivity index (χ0) is 25.1. The zero-order valence-electron chi connectivity index (χ0n) is 20.7. The van der Waals surface area contributed by atoms with Crippen molar-refractivity contribution in [2.75, 3.05) is 20.6 Å². The highest BCUT2D eigenvalue weighted by Crippen LogP contribution is 2.39. The summed E-state index contributed by atoms with van der Waals surface area (Å²) in [6.45, 7) is 0.729. The molecule has 0 bridgehead atoms. The summed E-state index contributed by atoms with van der Waals surface area (Å²) in [5.41, 5.74) is 3.67. The van der Waals surface area contributed by atoms with Gasteiger partial charge in [-0.15, -0.1) is 0 Å². The molecule has 2 heterocycles. The lowest BCUT2D eigenvalue weighted by Gasteiger charge is -2.32. The second-order valence-corrected chi connectivity index (χ2v) is 10.6. The summed E-state index contributed by atoms with van der Waals surface area (Å²) in [4.78, 5) is 11.6. The first-order chi connectivity index (χ1) is 17.4. The maximum absolute atomic E-state index is 12.4. The Kier molecular flexibility index (Phi) is 7.19. The lowest BCUT2D eigenvalue weighted by Crippen LogP contribution is -2.32. The maximum Gasteiger partial charge on any atom is 0.142 e. The average molecular weight is 544 g/mol. The van der Waals surface area contributed by atoms with E-state index in [1.165, 1.54) is 5.57 Å². The van der Waals surface area contributed by atoms with Crippen LogP contribution in [-0.2, 0) is 12.0 Å². The average Bonchev–Trinajstić information content (AvgIpc) is 3.42. The number of pyridine rings is 1. The molecule has 1 atom stereocenters. The van der Waals surface area contributed by atoms with E-state index >= 15 is 0 Å². The molecule has 2 aromatic heterocycles. The summed E-state index contributed by atoms with van der Waals surface area (Å²) in [6, 6.07) is 16.2. The Balaban J connectivity index is 1.73. The first kappa shape index (κ1) is 24.6. The molecule has 1 aliphatic carbocycles. The largest absolute Gasteiger partial charge is 0.380 e. The highest BCUT2D eigenvalue weighted by Gasteiger charge is 2.34. The van der Waals surface area contributed by atoms with Crippen molar-refractivity contribution in [3.63, 3.8) is 0 Å². The van der Waals surface area contributed by atoms with Gasteiger partial charge in [-0.1, -0.05) is 64.5 Å². The molecule has 1 N–H and O–H groups in total. The second kappa shape index (κ2) is 10.5. The highest BCUT2D eigenvalue weighted by atomic mass is 79.9. The van der Waals surface area contributed by atoms with E-state index in [0.29, 0.717) is 6.42 Å². The van der Waals surface area contributed by atoms with Crippen molar-refractivity contribution < 1.29 is 5.11 Å². The number of rotatable bonds is 8. The molecule has 5 rings (SSSR count).